The van der Waals surface area contributed by atoms with Crippen LogP contribution in [-0.2, 0) is 4.79 Å². The summed E-state index contributed by atoms with van der Waals surface area (Å²) in [7, 11) is 0. The third-order valence-corrected chi connectivity index (χ3v) is 3.49. The fourth-order valence-corrected chi connectivity index (χ4v) is 2.36. The molecule has 2 rings (SSSR count). The number of carboxylic acids is 1. The number of unbranched alkanes of at least 4 members (excludes halogenated alkanes) is 2. The normalized spacial score (nSPS) is 12.2. The molecule has 0 saturated heterocycles. The van der Waals surface area contributed by atoms with E-state index in [4.69, 9.17) is 10.5 Å². The Balaban J connectivity index is 2.18. The summed E-state index contributed by atoms with van der Waals surface area (Å²) in [6.07, 6.45) is 2.59. The minimum atomic E-state index is -0.933. The van der Waals surface area contributed by atoms with Crippen molar-refractivity contribution in [1.82, 2.24) is 0 Å². The Bertz CT molecular complexity index is 624. The van der Waals surface area contributed by atoms with Crippen molar-refractivity contribution < 1.29 is 14.6 Å². The Kier molecular flexibility index (Phi) is 5.04. The number of benzene rings is 2. The lowest BCUT2D eigenvalue weighted by Crippen LogP contribution is -2.26. The number of fused-ring (bicyclic) bond motifs is 1. The Hall–Kier alpha value is -2.23. The van der Waals surface area contributed by atoms with Gasteiger partial charge in [0.2, 0.25) is 0 Å². The summed E-state index contributed by atoms with van der Waals surface area (Å²) < 4.78 is 5.63. The predicted molar refractivity (Wildman–Crippen MR) is 84.6 cm³/mol. The minimum Gasteiger partial charge on any atom is -0.479 e. The van der Waals surface area contributed by atoms with Crippen LogP contribution >= 0.6 is 0 Å². The van der Waals surface area contributed by atoms with E-state index in [1.807, 2.05) is 30.3 Å². The van der Waals surface area contributed by atoms with E-state index in [1.165, 1.54) is 0 Å². The molecule has 4 heteroatoms. The highest BCUT2D eigenvalue weighted by Crippen LogP contribution is 2.28. The molecule has 0 fully saturated rings. The molecule has 1 atom stereocenters. The molecular weight excluding hydrogens is 266 g/mol. The summed E-state index contributed by atoms with van der Waals surface area (Å²) in [5.41, 5.74) is 6.60. The molecule has 0 aliphatic rings. The first-order chi connectivity index (χ1) is 10.1. The number of aliphatic carboxylic acids is 1. The van der Waals surface area contributed by atoms with Gasteiger partial charge in [-0.25, -0.2) is 4.79 Å². The summed E-state index contributed by atoms with van der Waals surface area (Å²) in [5, 5.41) is 11.2. The lowest BCUT2D eigenvalue weighted by atomic mass is 10.1. The molecule has 112 valence electrons. The van der Waals surface area contributed by atoms with Gasteiger partial charge < -0.3 is 15.6 Å². The summed E-state index contributed by atoms with van der Waals surface area (Å²) in [5.74, 6) is -0.423. The van der Waals surface area contributed by atoms with Crippen LogP contribution in [0.3, 0.4) is 0 Å². The number of anilines is 1. The van der Waals surface area contributed by atoms with Gasteiger partial charge in [0, 0.05) is 17.1 Å². The average molecular weight is 287 g/mol. The van der Waals surface area contributed by atoms with Crippen molar-refractivity contribution in [2.75, 3.05) is 5.73 Å². The fourth-order valence-electron chi connectivity index (χ4n) is 2.36. The molecule has 2 aromatic carbocycles. The van der Waals surface area contributed by atoms with Crippen LogP contribution in [0.25, 0.3) is 10.8 Å². The molecule has 0 saturated carbocycles. The van der Waals surface area contributed by atoms with Crippen molar-refractivity contribution in [2.24, 2.45) is 0 Å². The maximum absolute atomic E-state index is 11.3. The number of hydrogen-bond donors (Lipinski definition) is 2. The van der Waals surface area contributed by atoms with E-state index in [9.17, 15) is 9.90 Å². The minimum absolute atomic E-state index is 0.509. The molecule has 1 unspecified atom stereocenters. The quantitative estimate of drug-likeness (QED) is 0.599. The van der Waals surface area contributed by atoms with Crippen LogP contribution in [0, 0.1) is 0 Å². The Morgan fingerprint density at radius 2 is 2.05 bits per heavy atom. The van der Waals surface area contributed by atoms with Gasteiger partial charge in [-0.1, -0.05) is 44.0 Å². The van der Waals surface area contributed by atoms with Gasteiger partial charge in [-0.2, -0.15) is 0 Å². The monoisotopic (exact) mass is 287 g/mol. The van der Waals surface area contributed by atoms with Gasteiger partial charge in [0.15, 0.2) is 6.10 Å². The Morgan fingerprint density at radius 3 is 2.76 bits per heavy atom. The number of hydrogen-bond acceptors (Lipinski definition) is 3. The van der Waals surface area contributed by atoms with E-state index in [-0.39, 0.29) is 0 Å². The van der Waals surface area contributed by atoms with E-state index in [0.29, 0.717) is 17.9 Å². The van der Waals surface area contributed by atoms with Gasteiger partial charge in [0.1, 0.15) is 5.75 Å². The van der Waals surface area contributed by atoms with E-state index < -0.39 is 12.1 Å². The van der Waals surface area contributed by atoms with Crippen molar-refractivity contribution in [2.45, 2.75) is 38.7 Å². The topological polar surface area (TPSA) is 72.5 Å². The van der Waals surface area contributed by atoms with Crippen molar-refractivity contribution in [3.05, 3.63) is 36.4 Å². The smallest absolute Gasteiger partial charge is 0.344 e. The lowest BCUT2D eigenvalue weighted by molar-refractivity contribution is -0.145. The second-order valence-electron chi connectivity index (χ2n) is 5.17. The number of carbonyl (C=O) groups is 1. The van der Waals surface area contributed by atoms with E-state index in [1.54, 1.807) is 6.07 Å². The first-order valence-corrected chi connectivity index (χ1v) is 7.29. The molecule has 0 amide bonds. The third kappa shape index (κ3) is 3.88. The van der Waals surface area contributed by atoms with Gasteiger partial charge in [0.05, 0.1) is 0 Å². The second-order valence-corrected chi connectivity index (χ2v) is 5.17. The standard InChI is InChI=1S/C17H21NO3/c1-2-3-4-9-16(17(19)20)21-13-10-12-7-5-6-8-14(12)15(18)11-13/h5-8,10-11,16H,2-4,9,18H2,1H3,(H,19,20). The first kappa shape index (κ1) is 15.2. The van der Waals surface area contributed by atoms with Crippen molar-refractivity contribution >= 4 is 22.4 Å². The zero-order valence-corrected chi connectivity index (χ0v) is 12.2. The first-order valence-electron chi connectivity index (χ1n) is 7.29. The van der Waals surface area contributed by atoms with Crippen LogP contribution in [0.4, 0.5) is 5.69 Å². The van der Waals surface area contributed by atoms with Crippen molar-refractivity contribution in [1.29, 1.82) is 0 Å². The van der Waals surface area contributed by atoms with Crippen LogP contribution in [0.5, 0.6) is 5.75 Å². The van der Waals surface area contributed by atoms with E-state index in [0.717, 1.165) is 30.0 Å². The molecule has 21 heavy (non-hydrogen) atoms. The Morgan fingerprint density at radius 1 is 1.29 bits per heavy atom. The summed E-state index contributed by atoms with van der Waals surface area (Å²) in [6, 6.07) is 11.2. The fraction of sp³-hybridized carbons (Fsp3) is 0.353. The molecule has 0 spiro atoms. The molecule has 0 aliphatic heterocycles. The maximum atomic E-state index is 11.3. The summed E-state index contributed by atoms with van der Waals surface area (Å²) >= 11 is 0. The molecule has 0 radical (unpaired) electrons. The molecule has 0 heterocycles. The molecular formula is C17H21NO3. The molecule has 0 bridgehead atoms. The van der Waals surface area contributed by atoms with Gasteiger partial charge >= 0.3 is 5.97 Å². The molecule has 0 aromatic heterocycles. The molecule has 2 aromatic rings. The van der Waals surface area contributed by atoms with Crippen LogP contribution in [0.1, 0.15) is 32.6 Å². The van der Waals surface area contributed by atoms with Crippen molar-refractivity contribution in [3.8, 4) is 5.75 Å². The number of carboxylic acid groups (broad SMARTS) is 1. The second kappa shape index (κ2) is 6.97. The lowest BCUT2D eigenvalue weighted by Gasteiger charge is -2.16. The van der Waals surface area contributed by atoms with Gasteiger partial charge in [0.25, 0.3) is 0 Å². The zero-order chi connectivity index (χ0) is 15.2. The maximum Gasteiger partial charge on any atom is 0.344 e. The third-order valence-electron chi connectivity index (χ3n) is 3.49. The van der Waals surface area contributed by atoms with Crippen LogP contribution in [0.15, 0.2) is 36.4 Å². The summed E-state index contributed by atoms with van der Waals surface area (Å²) in [6.45, 7) is 2.08. The van der Waals surface area contributed by atoms with Crippen LogP contribution < -0.4 is 10.5 Å². The largest absolute Gasteiger partial charge is 0.479 e. The van der Waals surface area contributed by atoms with Gasteiger partial charge in [-0.3, -0.25) is 0 Å². The van der Waals surface area contributed by atoms with Crippen LogP contribution in [-0.4, -0.2) is 17.2 Å². The number of nitrogen functional groups attached to an aromatic ring is 1. The van der Waals surface area contributed by atoms with Crippen LogP contribution in [0.2, 0.25) is 0 Å². The summed E-state index contributed by atoms with van der Waals surface area (Å²) in [4.78, 5) is 11.3. The SMILES string of the molecule is CCCCCC(Oc1cc(N)c2ccccc2c1)C(=O)O. The van der Waals surface area contributed by atoms with Gasteiger partial charge in [-0.15, -0.1) is 0 Å². The molecule has 4 nitrogen and oxygen atoms in total. The highest BCUT2D eigenvalue weighted by molar-refractivity contribution is 5.94. The number of ether oxygens (including phenoxy) is 1. The highest BCUT2D eigenvalue weighted by Gasteiger charge is 2.19. The van der Waals surface area contributed by atoms with Gasteiger partial charge in [-0.05, 0) is 24.3 Å². The van der Waals surface area contributed by atoms with E-state index >= 15 is 0 Å². The number of nitrogens with two attached hydrogens (primary N) is 1. The molecule has 3 N–H and O–H groups in total. The highest BCUT2D eigenvalue weighted by atomic mass is 16.5. The van der Waals surface area contributed by atoms with Crippen molar-refractivity contribution in [3.63, 3.8) is 0 Å². The zero-order valence-electron chi connectivity index (χ0n) is 12.2. The van der Waals surface area contributed by atoms with E-state index in [2.05, 4.69) is 6.92 Å². The average Bonchev–Trinajstić information content (AvgIpc) is 2.46. The Labute approximate surface area is 124 Å². The molecule has 0 aliphatic carbocycles. The predicted octanol–water partition coefficient (Wildman–Crippen LogP) is 3.83. The number of rotatable bonds is 7.